The largest absolute Gasteiger partial charge is 0.481 e. The molecule has 1 heterocycles. The number of aliphatic carboxylic acids is 1. The Morgan fingerprint density at radius 2 is 2.46 bits per heavy atom. The molecule has 1 aliphatic heterocycles. The van der Waals surface area contributed by atoms with Gasteiger partial charge in [0.2, 0.25) is 0 Å². The Morgan fingerprint density at radius 3 is 2.85 bits per heavy atom. The molecular weight excluding hydrogens is 174 g/mol. The van der Waals surface area contributed by atoms with Gasteiger partial charge in [0.15, 0.2) is 0 Å². The number of amides is 1. The number of carboxylic acid groups (broad SMARTS) is 1. The summed E-state index contributed by atoms with van der Waals surface area (Å²) in [4.78, 5) is 23.0. The predicted molar refractivity (Wildman–Crippen MR) is 44.4 cm³/mol. The third-order valence-electron chi connectivity index (χ3n) is 2.11. The maximum Gasteiger partial charge on any atom is 0.410 e. The van der Waals surface area contributed by atoms with Gasteiger partial charge in [0.05, 0.1) is 13.0 Å². The van der Waals surface area contributed by atoms with Crippen molar-refractivity contribution < 1.29 is 19.4 Å². The summed E-state index contributed by atoms with van der Waals surface area (Å²) in [5, 5.41) is 8.58. The van der Waals surface area contributed by atoms with Crippen molar-refractivity contribution in [2.24, 2.45) is 0 Å². The summed E-state index contributed by atoms with van der Waals surface area (Å²) in [5.74, 6) is -0.883. The molecule has 0 spiro atoms. The van der Waals surface area contributed by atoms with Gasteiger partial charge in [0.25, 0.3) is 0 Å². The molecular formula is C8H13NO4. The van der Waals surface area contributed by atoms with Crippen molar-refractivity contribution in [3.63, 3.8) is 0 Å². The first kappa shape index (κ1) is 9.83. The van der Waals surface area contributed by atoms with Crippen LogP contribution >= 0.6 is 0 Å². The van der Waals surface area contributed by atoms with Crippen LogP contribution in [0.3, 0.4) is 0 Å². The van der Waals surface area contributed by atoms with Crippen molar-refractivity contribution in [1.29, 1.82) is 0 Å². The fraction of sp³-hybridized carbons (Fsp3) is 0.750. The van der Waals surface area contributed by atoms with Gasteiger partial charge in [0, 0.05) is 6.04 Å². The minimum atomic E-state index is -0.883. The van der Waals surface area contributed by atoms with Crippen LogP contribution in [0.15, 0.2) is 0 Å². The van der Waals surface area contributed by atoms with E-state index < -0.39 is 12.1 Å². The molecule has 13 heavy (non-hydrogen) atoms. The van der Waals surface area contributed by atoms with Gasteiger partial charge in [-0.25, -0.2) is 4.79 Å². The number of hydrogen-bond donors (Lipinski definition) is 1. The quantitative estimate of drug-likeness (QED) is 0.703. The lowest BCUT2D eigenvalue weighted by Crippen LogP contribution is -2.37. The van der Waals surface area contributed by atoms with Crippen molar-refractivity contribution in [1.82, 2.24) is 4.90 Å². The average Bonchev–Trinajstić information content (AvgIpc) is 2.47. The number of hydrogen-bond acceptors (Lipinski definition) is 3. The van der Waals surface area contributed by atoms with Gasteiger partial charge in [-0.15, -0.1) is 0 Å². The van der Waals surface area contributed by atoms with Crippen LogP contribution in [0.1, 0.15) is 19.8 Å². The van der Waals surface area contributed by atoms with Crippen molar-refractivity contribution in [3.05, 3.63) is 0 Å². The summed E-state index contributed by atoms with van der Waals surface area (Å²) in [5.41, 5.74) is 0. The maximum absolute atomic E-state index is 11.1. The van der Waals surface area contributed by atoms with Crippen molar-refractivity contribution in [2.75, 3.05) is 13.2 Å². The van der Waals surface area contributed by atoms with Gasteiger partial charge < -0.3 is 14.7 Å². The van der Waals surface area contributed by atoms with Crippen molar-refractivity contribution >= 4 is 12.1 Å². The van der Waals surface area contributed by atoms with Crippen molar-refractivity contribution in [3.8, 4) is 0 Å². The predicted octanol–water partition coefficient (Wildman–Crippen LogP) is 0.692. The van der Waals surface area contributed by atoms with E-state index in [-0.39, 0.29) is 12.5 Å². The fourth-order valence-electron chi connectivity index (χ4n) is 1.41. The van der Waals surface area contributed by atoms with Crippen molar-refractivity contribution in [2.45, 2.75) is 25.8 Å². The number of cyclic esters (lactones) is 1. The number of rotatable bonds is 4. The molecule has 1 atom stereocenters. The number of carbonyl (C=O) groups is 2. The molecule has 0 aromatic rings. The van der Waals surface area contributed by atoms with Gasteiger partial charge in [-0.1, -0.05) is 6.92 Å². The van der Waals surface area contributed by atoms with Crippen LogP contribution < -0.4 is 0 Å². The molecule has 0 aromatic carbocycles. The fourth-order valence-corrected chi connectivity index (χ4v) is 1.41. The molecule has 0 radical (unpaired) electrons. The second kappa shape index (κ2) is 4.11. The molecule has 1 N–H and O–H groups in total. The first-order valence-corrected chi connectivity index (χ1v) is 4.30. The van der Waals surface area contributed by atoms with Crippen LogP contribution in [0, 0.1) is 0 Å². The molecule has 5 heteroatoms. The lowest BCUT2D eigenvalue weighted by atomic mass is 10.1. The van der Waals surface area contributed by atoms with Crippen LogP contribution in [0.5, 0.6) is 0 Å². The van der Waals surface area contributed by atoms with Crippen LogP contribution in [0.25, 0.3) is 0 Å². The third kappa shape index (κ3) is 2.34. The van der Waals surface area contributed by atoms with Gasteiger partial charge in [-0.05, 0) is 6.42 Å². The van der Waals surface area contributed by atoms with E-state index in [1.165, 1.54) is 4.90 Å². The highest BCUT2D eigenvalue weighted by molar-refractivity contribution is 5.72. The Labute approximate surface area is 76.3 Å². The number of carboxylic acids is 1. The van der Waals surface area contributed by atoms with E-state index in [9.17, 15) is 9.59 Å². The Hall–Kier alpha value is -1.26. The van der Waals surface area contributed by atoms with Gasteiger partial charge in [-0.3, -0.25) is 4.79 Å². The minimum absolute atomic E-state index is 0.00833. The molecule has 74 valence electrons. The topological polar surface area (TPSA) is 66.8 Å². The average molecular weight is 187 g/mol. The standard InChI is InChI=1S/C8H13NO4/c1-2-6(5-7(10)11)9-3-4-13-8(9)12/h6H,2-5H2,1H3,(H,10,11). The summed E-state index contributed by atoms with van der Waals surface area (Å²) in [7, 11) is 0. The minimum Gasteiger partial charge on any atom is -0.481 e. The third-order valence-corrected chi connectivity index (χ3v) is 2.11. The van der Waals surface area contributed by atoms with E-state index in [0.717, 1.165) is 0 Å². The zero-order chi connectivity index (χ0) is 9.84. The van der Waals surface area contributed by atoms with Gasteiger partial charge in [-0.2, -0.15) is 0 Å². The lowest BCUT2D eigenvalue weighted by molar-refractivity contribution is -0.138. The smallest absolute Gasteiger partial charge is 0.410 e. The zero-order valence-corrected chi connectivity index (χ0v) is 7.52. The number of nitrogens with zero attached hydrogens (tertiary/aromatic N) is 1. The van der Waals surface area contributed by atoms with Gasteiger partial charge in [0.1, 0.15) is 6.61 Å². The zero-order valence-electron chi connectivity index (χ0n) is 7.52. The molecule has 1 unspecified atom stereocenters. The molecule has 1 aliphatic rings. The monoisotopic (exact) mass is 187 g/mol. The molecule has 0 saturated carbocycles. The van der Waals surface area contributed by atoms with E-state index >= 15 is 0 Å². The normalized spacial score (nSPS) is 18.5. The van der Waals surface area contributed by atoms with E-state index in [2.05, 4.69) is 0 Å². The molecule has 1 fully saturated rings. The first-order valence-electron chi connectivity index (χ1n) is 4.30. The van der Waals surface area contributed by atoms with Crippen LogP contribution in [0.4, 0.5) is 4.79 Å². The summed E-state index contributed by atoms with van der Waals surface area (Å²) in [6.45, 7) is 2.73. The Balaban J connectivity index is 2.54. The van der Waals surface area contributed by atoms with Crippen LogP contribution in [-0.4, -0.2) is 41.3 Å². The molecule has 0 bridgehead atoms. The highest BCUT2D eigenvalue weighted by Gasteiger charge is 2.29. The second-order valence-corrected chi connectivity index (χ2v) is 2.97. The lowest BCUT2D eigenvalue weighted by Gasteiger charge is -2.22. The molecule has 1 saturated heterocycles. The summed E-state index contributed by atoms with van der Waals surface area (Å²) >= 11 is 0. The number of ether oxygens (including phenoxy) is 1. The van der Waals surface area contributed by atoms with Gasteiger partial charge >= 0.3 is 12.1 Å². The van der Waals surface area contributed by atoms with E-state index in [4.69, 9.17) is 9.84 Å². The Morgan fingerprint density at radius 1 is 1.77 bits per heavy atom. The number of carbonyl (C=O) groups excluding carboxylic acids is 1. The second-order valence-electron chi connectivity index (χ2n) is 2.97. The molecule has 0 aromatic heterocycles. The molecule has 5 nitrogen and oxygen atoms in total. The Bertz CT molecular complexity index is 216. The molecule has 1 amide bonds. The highest BCUT2D eigenvalue weighted by atomic mass is 16.6. The SMILES string of the molecule is CCC(CC(=O)O)N1CCOC1=O. The van der Waals surface area contributed by atoms with E-state index in [1.54, 1.807) is 0 Å². The summed E-state index contributed by atoms with van der Waals surface area (Å²) in [6.07, 6.45) is 0.237. The van der Waals surface area contributed by atoms with Crippen LogP contribution in [0.2, 0.25) is 0 Å². The molecule has 0 aliphatic carbocycles. The summed E-state index contributed by atoms with van der Waals surface area (Å²) < 4.78 is 4.72. The molecule has 1 rings (SSSR count). The van der Waals surface area contributed by atoms with Crippen LogP contribution in [-0.2, 0) is 9.53 Å². The summed E-state index contributed by atoms with van der Waals surface area (Å²) in [6, 6.07) is -0.229. The highest BCUT2D eigenvalue weighted by Crippen LogP contribution is 2.14. The Kier molecular flexibility index (Phi) is 3.11. The van der Waals surface area contributed by atoms with E-state index in [0.29, 0.717) is 19.6 Å². The first-order chi connectivity index (χ1) is 6.15. The van der Waals surface area contributed by atoms with E-state index in [1.807, 2.05) is 6.92 Å². The maximum atomic E-state index is 11.1.